The quantitative estimate of drug-likeness (QED) is 0.450. The van der Waals surface area contributed by atoms with Crippen LogP contribution in [-0.2, 0) is 14.3 Å². The minimum atomic E-state index is -0.646. The average molecular weight is 397 g/mol. The number of esters is 1. The SMILES string of the molecule is CC(C)(C)OC(=O)N[C@@H](CI)C(=O)OC1CCCCC1. The van der Waals surface area contributed by atoms with Crippen molar-refractivity contribution in [2.24, 2.45) is 0 Å². The fourth-order valence-electron chi connectivity index (χ4n) is 2.04. The predicted molar refractivity (Wildman–Crippen MR) is 85.0 cm³/mol. The third kappa shape index (κ3) is 6.76. The van der Waals surface area contributed by atoms with Gasteiger partial charge in [-0.15, -0.1) is 0 Å². The van der Waals surface area contributed by atoms with E-state index in [0.29, 0.717) is 4.43 Å². The first-order chi connectivity index (χ1) is 9.31. The van der Waals surface area contributed by atoms with E-state index in [4.69, 9.17) is 9.47 Å². The fourth-order valence-corrected chi connectivity index (χ4v) is 2.62. The van der Waals surface area contributed by atoms with E-state index in [1.54, 1.807) is 20.8 Å². The van der Waals surface area contributed by atoms with Crippen molar-refractivity contribution in [1.29, 1.82) is 0 Å². The molecular weight excluding hydrogens is 373 g/mol. The molecule has 0 spiro atoms. The van der Waals surface area contributed by atoms with Gasteiger partial charge in [-0.3, -0.25) is 0 Å². The van der Waals surface area contributed by atoms with E-state index < -0.39 is 17.7 Å². The summed E-state index contributed by atoms with van der Waals surface area (Å²) in [6.07, 6.45) is 4.68. The Kier molecular flexibility index (Phi) is 7.05. The van der Waals surface area contributed by atoms with Crippen molar-refractivity contribution in [3.63, 3.8) is 0 Å². The summed E-state index contributed by atoms with van der Waals surface area (Å²) in [4.78, 5) is 23.7. The molecule has 0 radical (unpaired) electrons. The van der Waals surface area contributed by atoms with Crippen molar-refractivity contribution in [2.45, 2.75) is 70.6 Å². The van der Waals surface area contributed by atoms with Gasteiger partial charge >= 0.3 is 12.1 Å². The van der Waals surface area contributed by atoms with Crippen molar-refractivity contribution in [3.05, 3.63) is 0 Å². The molecule has 0 bridgehead atoms. The predicted octanol–water partition coefficient (Wildman–Crippen LogP) is 3.19. The Hall–Kier alpha value is -0.530. The minimum absolute atomic E-state index is 0.00198. The number of carbonyl (C=O) groups excluding carboxylic acids is 2. The number of ether oxygens (including phenoxy) is 2. The van der Waals surface area contributed by atoms with Gasteiger partial charge in [0.1, 0.15) is 17.7 Å². The summed E-state index contributed by atoms with van der Waals surface area (Å²) in [6.45, 7) is 5.35. The van der Waals surface area contributed by atoms with Crippen LogP contribution < -0.4 is 5.32 Å². The third-order valence-electron chi connectivity index (χ3n) is 2.96. The molecule has 0 aromatic heterocycles. The van der Waals surface area contributed by atoms with E-state index in [1.165, 1.54) is 6.42 Å². The zero-order chi connectivity index (χ0) is 15.2. The molecule has 1 N–H and O–H groups in total. The van der Waals surface area contributed by atoms with E-state index >= 15 is 0 Å². The Morgan fingerprint density at radius 1 is 1.25 bits per heavy atom. The van der Waals surface area contributed by atoms with Gasteiger partial charge in [0.25, 0.3) is 0 Å². The molecule has 1 rings (SSSR count). The molecule has 0 aromatic rings. The van der Waals surface area contributed by atoms with Crippen molar-refractivity contribution in [1.82, 2.24) is 5.32 Å². The Balaban J connectivity index is 2.43. The molecule has 6 heteroatoms. The molecule has 1 atom stereocenters. The van der Waals surface area contributed by atoms with Crippen LogP contribution in [0.1, 0.15) is 52.9 Å². The summed E-state index contributed by atoms with van der Waals surface area (Å²) in [5.41, 5.74) is -0.576. The second-order valence-electron chi connectivity index (χ2n) is 6.05. The molecule has 116 valence electrons. The van der Waals surface area contributed by atoms with Crippen LogP contribution in [0, 0.1) is 0 Å². The van der Waals surface area contributed by atoms with Gasteiger partial charge in [-0.05, 0) is 46.5 Å². The molecule has 1 amide bonds. The summed E-state index contributed by atoms with van der Waals surface area (Å²) in [5.74, 6) is -0.364. The lowest BCUT2D eigenvalue weighted by Crippen LogP contribution is -2.46. The van der Waals surface area contributed by atoms with E-state index in [-0.39, 0.29) is 12.1 Å². The summed E-state index contributed by atoms with van der Waals surface area (Å²) in [6, 6.07) is -0.646. The van der Waals surface area contributed by atoms with E-state index in [2.05, 4.69) is 27.9 Å². The number of rotatable bonds is 4. The van der Waals surface area contributed by atoms with Gasteiger partial charge in [-0.2, -0.15) is 0 Å². The van der Waals surface area contributed by atoms with Crippen molar-refractivity contribution in [2.75, 3.05) is 4.43 Å². The molecule has 0 heterocycles. The number of amides is 1. The number of halogens is 1. The number of alkyl carbamates (subject to hydrolysis) is 1. The van der Waals surface area contributed by atoms with Gasteiger partial charge in [0.2, 0.25) is 0 Å². The average Bonchev–Trinajstić information content (AvgIpc) is 2.35. The first-order valence-corrected chi connectivity index (χ1v) is 8.60. The molecule has 1 aliphatic carbocycles. The van der Waals surface area contributed by atoms with Gasteiger partial charge in [-0.1, -0.05) is 29.0 Å². The van der Waals surface area contributed by atoms with E-state index in [9.17, 15) is 9.59 Å². The van der Waals surface area contributed by atoms with Crippen molar-refractivity contribution in [3.8, 4) is 0 Å². The molecular formula is C14H24INO4. The molecule has 0 aromatic carbocycles. The molecule has 5 nitrogen and oxygen atoms in total. The standard InChI is InChI=1S/C14H24INO4/c1-14(2,3)20-13(18)16-11(9-15)12(17)19-10-7-5-4-6-8-10/h10-11H,4-9H2,1-3H3,(H,16,18)/t11-/m0/s1. The van der Waals surface area contributed by atoms with E-state index in [1.807, 2.05) is 0 Å². The fraction of sp³-hybridized carbons (Fsp3) is 0.857. The van der Waals surface area contributed by atoms with Gasteiger partial charge in [0, 0.05) is 4.43 Å². The number of nitrogens with one attached hydrogen (secondary N) is 1. The molecule has 0 saturated heterocycles. The summed E-state index contributed by atoms with van der Waals surface area (Å²) >= 11 is 2.06. The summed E-state index contributed by atoms with van der Waals surface area (Å²) in [5, 5.41) is 2.57. The van der Waals surface area contributed by atoms with Gasteiger partial charge in [0.05, 0.1) is 0 Å². The van der Waals surface area contributed by atoms with Crippen LogP contribution in [0.2, 0.25) is 0 Å². The monoisotopic (exact) mass is 397 g/mol. The Morgan fingerprint density at radius 2 is 1.85 bits per heavy atom. The largest absolute Gasteiger partial charge is 0.461 e. The van der Waals surface area contributed by atoms with Crippen LogP contribution in [-0.4, -0.2) is 34.2 Å². The highest BCUT2D eigenvalue weighted by molar-refractivity contribution is 14.1. The molecule has 1 saturated carbocycles. The summed E-state index contributed by atoms with van der Waals surface area (Å²) < 4.78 is 11.1. The maximum Gasteiger partial charge on any atom is 0.408 e. The number of carbonyl (C=O) groups is 2. The van der Waals surface area contributed by atoms with Gasteiger partial charge in [0.15, 0.2) is 0 Å². The maximum atomic E-state index is 12.0. The highest BCUT2D eigenvalue weighted by Crippen LogP contribution is 2.20. The lowest BCUT2D eigenvalue weighted by atomic mass is 9.98. The molecule has 0 aliphatic heterocycles. The number of hydrogen-bond acceptors (Lipinski definition) is 4. The van der Waals surface area contributed by atoms with Crippen molar-refractivity contribution >= 4 is 34.7 Å². The van der Waals surface area contributed by atoms with Crippen LogP contribution in [0.3, 0.4) is 0 Å². The van der Waals surface area contributed by atoms with Crippen LogP contribution >= 0.6 is 22.6 Å². The first-order valence-electron chi connectivity index (χ1n) is 7.08. The van der Waals surface area contributed by atoms with Gasteiger partial charge < -0.3 is 14.8 Å². The van der Waals surface area contributed by atoms with Crippen LogP contribution in [0.4, 0.5) is 4.79 Å². The second-order valence-corrected chi connectivity index (χ2v) is 6.93. The lowest BCUT2D eigenvalue weighted by molar-refractivity contribution is -0.152. The van der Waals surface area contributed by atoms with E-state index in [0.717, 1.165) is 25.7 Å². The minimum Gasteiger partial charge on any atom is -0.461 e. The zero-order valence-electron chi connectivity index (χ0n) is 12.4. The molecule has 1 fully saturated rings. The molecule has 0 unspecified atom stereocenters. The third-order valence-corrected chi connectivity index (χ3v) is 3.85. The van der Waals surface area contributed by atoms with Crippen LogP contribution in [0.15, 0.2) is 0 Å². The second kappa shape index (κ2) is 8.05. The first kappa shape index (κ1) is 17.5. The molecule has 20 heavy (non-hydrogen) atoms. The smallest absolute Gasteiger partial charge is 0.408 e. The Morgan fingerprint density at radius 3 is 2.35 bits per heavy atom. The zero-order valence-corrected chi connectivity index (χ0v) is 14.6. The Bertz CT molecular complexity index is 335. The topological polar surface area (TPSA) is 64.6 Å². The van der Waals surface area contributed by atoms with Crippen molar-refractivity contribution < 1.29 is 19.1 Å². The lowest BCUT2D eigenvalue weighted by Gasteiger charge is -2.25. The molecule has 1 aliphatic rings. The summed E-state index contributed by atoms with van der Waals surface area (Å²) in [7, 11) is 0. The normalized spacial score (nSPS) is 18.2. The van der Waals surface area contributed by atoms with Crippen LogP contribution in [0.5, 0.6) is 0 Å². The maximum absolute atomic E-state index is 12.0. The van der Waals surface area contributed by atoms with Crippen LogP contribution in [0.25, 0.3) is 0 Å². The van der Waals surface area contributed by atoms with Gasteiger partial charge in [-0.25, -0.2) is 9.59 Å². The highest BCUT2D eigenvalue weighted by Gasteiger charge is 2.27. The number of hydrogen-bond donors (Lipinski definition) is 1. The number of alkyl halides is 1. The Labute approximate surface area is 134 Å². The highest BCUT2D eigenvalue weighted by atomic mass is 127.